The molecule has 136 valence electrons. The van der Waals surface area contributed by atoms with Crippen molar-refractivity contribution in [2.24, 2.45) is 5.92 Å². The summed E-state index contributed by atoms with van der Waals surface area (Å²) >= 11 is 0. The molecular formula is C22H21FN4. The molecule has 4 rings (SSSR count). The number of piperidine rings is 1. The maximum atomic E-state index is 14.6. The molecule has 1 saturated heterocycles. The fourth-order valence-electron chi connectivity index (χ4n) is 4.38. The van der Waals surface area contributed by atoms with Gasteiger partial charge in [0.25, 0.3) is 0 Å². The Labute approximate surface area is 158 Å². The third-order valence-electron chi connectivity index (χ3n) is 5.76. The minimum Gasteiger partial charge on any atom is -0.372 e. The molecule has 2 aromatic carbocycles. The summed E-state index contributed by atoms with van der Waals surface area (Å²) in [5, 5.41) is 16.8. The van der Waals surface area contributed by atoms with Crippen molar-refractivity contribution >= 4 is 17.7 Å². The number of nitrogens with one attached hydrogen (secondary N) is 1. The largest absolute Gasteiger partial charge is 0.372 e. The summed E-state index contributed by atoms with van der Waals surface area (Å²) < 4.78 is 14.6. The second-order valence-electron chi connectivity index (χ2n) is 7.11. The molecule has 0 spiro atoms. The maximum Gasteiger partial charge on any atom is 0.129 e. The van der Waals surface area contributed by atoms with Gasteiger partial charge in [0.05, 0.1) is 24.0 Å². The first kappa shape index (κ1) is 17.3. The van der Waals surface area contributed by atoms with Crippen LogP contribution in [-0.4, -0.2) is 24.3 Å². The number of benzene rings is 2. The lowest BCUT2D eigenvalue weighted by atomic mass is 9.85. The van der Waals surface area contributed by atoms with Gasteiger partial charge in [0.2, 0.25) is 0 Å². The van der Waals surface area contributed by atoms with Crippen molar-refractivity contribution in [2.45, 2.75) is 18.9 Å². The normalized spacial score (nSPS) is 19.7. The Morgan fingerprint density at radius 3 is 2.48 bits per heavy atom. The average molecular weight is 360 g/mol. The van der Waals surface area contributed by atoms with Crippen molar-refractivity contribution in [3.63, 3.8) is 0 Å². The van der Waals surface area contributed by atoms with Crippen LogP contribution in [0.4, 0.5) is 10.1 Å². The van der Waals surface area contributed by atoms with Crippen LogP contribution in [0.2, 0.25) is 0 Å². The predicted molar refractivity (Wildman–Crippen MR) is 105 cm³/mol. The molecule has 2 aliphatic rings. The zero-order valence-corrected chi connectivity index (χ0v) is 15.0. The first-order valence-electron chi connectivity index (χ1n) is 9.15. The second-order valence-corrected chi connectivity index (χ2v) is 7.11. The van der Waals surface area contributed by atoms with Crippen LogP contribution in [0.1, 0.15) is 35.6 Å². The summed E-state index contributed by atoms with van der Waals surface area (Å²) in [5.41, 5.74) is 3.98. The van der Waals surface area contributed by atoms with Crippen LogP contribution in [-0.2, 0) is 0 Å². The van der Waals surface area contributed by atoms with Gasteiger partial charge in [-0.25, -0.2) is 4.39 Å². The van der Waals surface area contributed by atoms with Crippen molar-refractivity contribution in [1.82, 2.24) is 4.90 Å². The van der Waals surface area contributed by atoms with E-state index in [9.17, 15) is 4.39 Å². The van der Waals surface area contributed by atoms with Crippen molar-refractivity contribution in [3.05, 3.63) is 71.6 Å². The Morgan fingerprint density at radius 2 is 1.85 bits per heavy atom. The molecule has 1 atom stereocenters. The molecule has 2 heterocycles. The van der Waals surface area contributed by atoms with Gasteiger partial charge in [0, 0.05) is 35.6 Å². The van der Waals surface area contributed by atoms with Crippen LogP contribution >= 0.6 is 0 Å². The Balaban J connectivity index is 1.55. The molecule has 2 aromatic rings. The number of rotatable bonds is 3. The van der Waals surface area contributed by atoms with E-state index in [0.29, 0.717) is 16.8 Å². The van der Waals surface area contributed by atoms with Gasteiger partial charge in [-0.15, -0.1) is 0 Å². The van der Waals surface area contributed by atoms with E-state index in [0.717, 1.165) is 37.2 Å². The number of fused-ring (bicyclic) bond motifs is 1. The summed E-state index contributed by atoms with van der Waals surface area (Å²) in [6, 6.07) is 14.7. The van der Waals surface area contributed by atoms with Gasteiger partial charge in [-0.05, 0) is 49.1 Å². The second kappa shape index (κ2) is 6.88. The van der Waals surface area contributed by atoms with Crippen LogP contribution < -0.4 is 4.90 Å². The SMILES string of the molecule is C=C1c2cccc(F)c2C(C2CCN(c3ccc(C#N)cc3)CC2)N1C=N. The maximum absolute atomic E-state index is 14.6. The molecule has 0 bridgehead atoms. The number of nitriles is 1. The van der Waals surface area contributed by atoms with Gasteiger partial charge in [-0.3, -0.25) is 5.41 Å². The van der Waals surface area contributed by atoms with Gasteiger partial charge < -0.3 is 9.80 Å². The molecule has 1 fully saturated rings. The topological polar surface area (TPSA) is 54.1 Å². The highest BCUT2D eigenvalue weighted by Crippen LogP contribution is 2.47. The van der Waals surface area contributed by atoms with E-state index in [4.69, 9.17) is 10.7 Å². The lowest BCUT2D eigenvalue weighted by Crippen LogP contribution is -2.38. The van der Waals surface area contributed by atoms with Gasteiger partial charge >= 0.3 is 0 Å². The summed E-state index contributed by atoms with van der Waals surface area (Å²) in [7, 11) is 0. The van der Waals surface area contributed by atoms with Crippen LogP contribution in [0.5, 0.6) is 0 Å². The summed E-state index contributed by atoms with van der Waals surface area (Å²) in [6.07, 6.45) is 3.10. The van der Waals surface area contributed by atoms with Crippen LogP contribution in [0.25, 0.3) is 5.70 Å². The highest BCUT2D eigenvalue weighted by Gasteiger charge is 2.40. The quantitative estimate of drug-likeness (QED) is 0.645. The fourth-order valence-corrected chi connectivity index (χ4v) is 4.38. The monoisotopic (exact) mass is 360 g/mol. The van der Waals surface area contributed by atoms with E-state index in [1.807, 2.05) is 35.2 Å². The molecule has 0 aromatic heterocycles. The molecule has 0 radical (unpaired) electrons. The molecule has 4 nitrogen and oxygen atoms in total. The van der Waals surface area contributed by atoms with Gasteiger partial charge in [0.15, 0.2) is 0 Å². The molecule has 2 aliphatic heterocycles. The lowest BCUT2D eigenvalue weighted by Gasteiger charge is -2.38. The molecule has 0 saturated carbocycles. The molecule has 5 heteroatoms. The van der Waals surface area contributed by atoms with E-state index in [2.05, 4.69) is 17.5 Å². The predicted octanol–water partition coefficient (Wildman–Crippen LogP) is 4.55. The van der Waals surface area contributed by atoms with E-state index < -0.39 is 0 Å². The highest BCUT2D eigenvalue weighted by atomic mass is 19.1. The average Bonchev–Trinajstić information content (AvgIpc) is 3.01. The first-order valence-corrected chi connectivity index (χ1v) is 9.15. The van der Waals surface area contributed by atoms with Gasteiger partial charge in [-0.1, -0.05) is 18.7 Å². The van der Waals surface area contributed by atoms with E-state index in [1.165, 1.54) is 12.4 Å². The Kier molecular flexibility index (Phi) is 4.41. The third-order valence-corrected chi connectivity index (χ3v) is 5.76. The van der Waals surface area contributed by atoms with Crippen LogP contribution in [0.15, 0.2) is 49.0 Å². The lowest BCUT2D eigenvalue weighted by molar-refractivity contribution is 0.259. The molecule has 27 heavy (non-hydrogen) atoms. The number of anilines is 1. The van der Waals surface area contributed by atoms with Gasteiger partial charge in [-0.2, -0.15) is 5.26 Å². The zero-order chi connectivity index (χ0) is 19.0. The third kappa shape index (κ3) is 2.87. The van der Waals surface area contributed by atoms with E-state index in [1.54, 1.807) is 6.07 Å². The minimum atomic E-state index is -0.211. The smallest absolute Gasteiger partial charge is 0.129 e. The first-order chi connectivity index (χ1) is 13.1. The molecule has 0 amide bonds. The Bertz CT molecular complexity index is 920. The van der Waals surface area contributed by atoms with Crippen molar-refractivity contribution in [1.29, 1.82) is 10.7 Å². The summed E-state index contributed by atoms with van der Waals surface area (Å²) in [4.78, 5) is 4.12. The Hall–Kier alpha value is -3.13. The molecule has 1 N–H and O–H groups in total. The van der Waals surface area contributed by atoms with Crippen molar-refractivity contribution in [2.75, 3.05) is 18.0 Å². The molecular weight excluding hydrogens is 339 g/mol. The number of hydrogen-bond donors (Lipinski definition) is 1. The Morgan fingerprint density at radius 1 is 1.15 bits per heavy atom. The molecule has 0 aliphatic carbocycles. The van der Waals surface area contributed by atoms with E-state index in [-0.39, 0.29) is 17.8 Å². The van der Waals surface area contributed by atoms with Crippen molar-refractivity contribution < 1.29 is 4.39 Å². The zero-order valence-electron chi connectivity index (χ0n) is 15.0. The van der Waals surface area contributed by atoms with Crippen molar-refractivity contribution in [3.8, 4) is 6.07 Å². The highest BCUT2D eigenvalue weighted by molar-refractivity contribution is 5.80. The minimum absolute atomic E-state index is 0.158. The standard InChI is InChI=1S/C22H21FN4/c1-15-19-3-2-4-20(23)21(19)22(27(15)14-25)17-9-11-26(12-10-17)18-7-5-16(13-24)6-8-18/h2-8,14,17,22,25H,1,9-12H2. The number of halogens is 1. The summed E-state index contributed by atoms with van der Waals surface area (Å²) in [5.74, 6) is 0.0497. The number of hydrogen-bond acceptors (Lipinski definition) is 3. The van der Waals surface area contributed by atoms with Crippen LogP contribution in [0, 0.1) is 28.5 Å². The van der Waals surface area contributed by atoms with E-state index >= 15 is 0 Å². The summed E-state index contributed by atoms with van der Waals surface area (Å²) in [6.45, 7) is 5.82. The van der Waals surface area contributed by atoms with Gasteiger partial charge in [0.1, 0.15) is 5.82 Å². The fraction of sp³-hybridized carbons (Fsp3) is 0.273. The molecule has 1 unspecified atom stereocenters. The van der Waals surface area contributed by atoms with Crippen LogP contribution in [0.3, 0.4) is 0 Å². The number of nitrogens with zero attached hydrogens (tertiary/aromatic N) is 3.